The van der Waals surface area contributed by atoms with E-state index in [1.165, 1.54) is 29.2 Å². The Bertz CT molecular complexity index is 933. The topological polar surface area (TPSA) is 68.0 Å². The predicted octanol–water partition coefficient (Wildman–Crippen LogP) is 3.79. The number of carbonyl (C=O) groups is 1. The molecule has 3 rings (SSSR count). The third-order valence-corrected chi connectivity index (χ3v) is 3.41. The number of carboxylic acid groups (broad SMARTS) is 1. The highest BCUT2D eigenvalue weighted by Crippen LogP contribution is 2.29. The van der Waals surface area contributed by atoms with Crippen molar-refractivity contribution in [1.29, 1.82) is 0 Å². The Morgan fingerprint density at radius 2 is 1.76 bits per heavy atom. The number of hydrogen-bond acceptors (Lipinski definition) is 3. The van der Waals surface area contributed by atoms with E-state index in [1.807, 2.05) is 0 Å². The van der Waals surface area contributed by atoms with Crippen LogP contribution in [0.5, 0.6) is 0 Å². The molecule has 0 fully saturated rings. The highest BCUT2D eigenvalue weighted by Gasteiger charge is 2.30. The van der Waals surface area contributed by atoms with Crippen molar-refractivity contribution in [2.45, 2.75) is 6.18 Å². The van der Waals surface area contributed by atoms with Crippen LogP contribution in [-0.2, 0) is 6.18 Å². The number of nitrogens with zero attached hydrogens (tertiary/aromatic N) is 3. The van der Waals surface area contributed by atoms with Gasteiger partial charge in [0, 0.05) is 5.56 Å². The Morgan fingerprint density at radius 1 is 1.08 bits per heavy atom. The van der Waals surface area contributed by atoms with Crippen molar-refractivity contribution in [2.75, 3.05) is 0 Å². The van der Waals surface area contributed by atoms with E-state index >= 15 is 0 Å². The van der Waals surface area contributed by atoms with Gasteiger partial charge in [0.05, 0.1) is 16.8 Å². The molecular weight excluding hydrogens is 342 g/mol. The average Bonchev–Trinajstić information content (AvgIpc) is 3.03. The number of rotatable bonds is 3. The Balaban J connectivity index is 1.90. The Labute approximate surface area is 138 Å². The SMILES string of the molecule is O=C(O)c1ccc(-c2ncn(-c3ccc(C(F)(F)F)cc3)n2)cc1F. The molecule has 0 aliphatic carbocycles. The van der Waals surface area contributed by atoms with Crippen LogP contribution in [0.15, 0.2) is 48.8 Å². The molecule has 0 aliphatic rings. The van der Waals surface area contributed by atoms with Gasteiger partial charge >= 0.3 is 12.1 Å². The minimum Gasteiger partial charge on any atom is -0.478 e. The zero-order valence-electron chi connectivity index (χ0n) is 12.3. The van der Waals surface area contributed by atoms with Gasteiger partial charge in [-0.15, -0.1) is 5.10 Å². The second-order valence-corrected chi connectivity index (χ2v) is 5.06. The van der Waals surface area contributed by atoms with Crippen molar-refractivity contribution < 1.29 is 27.5 Å². The molecule has 5 nitrogen and oxygen atoms in total. The first-order chi connectivity index (χ1) is 11.8. The van der Waals surface area contributed by atoms with Gasteiger partial charge in [-0.2, -0.15) is 13.2 Å². The van der Waals surface area contributed by atoms with E-state index < -0.39 is 29.1 Å². The van der Waals surface area contributed by atoms with Crippen LogP contribution in [0.1, 0.15) is 15.9 Å². The summed E-state index contributed by atoms with van der Waals surface area (Å²) in [7, 11) is 0. The summed E-state index contributed by atoms with van der Waals surface area (Å²) < 4.78 is 52.6. The molecule has 0 atom stereocenters. The van der Waals surface area contributed by atoms with Crippen LogP contribution in [0, 0.1) is 5.82 Å². The molecule has 0 radical (unpaired) electrons. The number of aromatic nitrogens is 3. The number of aromatic carboxylic acids is 1. The van der Waals surface area contributed by atoms with E-state index in [2.05, 4.69) is 10.1 Å². The number of alkyl halides is 3. The Morgan fingerprint density at radius 3 is 2.32 bits per heavy atom. The smallest absolute Gasteiger partial charge is 0.416 e. The molecule has 0 bridgehead atoms. The van der Waals surface area contributed by atoms with Crippen LogP contribution in [0.25, 0.3) is 17.1 Å². The van der Waals surface area contributed by atoms with E-state index in [0.29, 0.717) is 5.69 Å². The van der Waals surface area contributed by atoms with E-state index in [0.717, 1.165) is 24.3 Å². The van der Waals surface area contributed by atoms with Crippen molar-refractivity contribution in [1.82, 2.24) is 14.8 Å². The molecule has 128 valence electrons. The van der Waals surface area contributed by atoms with Gasteiger partial charge in [-0.1, -0.05) is 6.07 Å². The lowest BCUT2D eigenvalue weighted by Gasteiger charge is -2.07. The van der Waals surface area contributed by atoms with E-state index in [9.17, 15) is 22.4 Å². The predicted molar refractivity (Wildman–Crippen MR) is 78.7 cm³/mol. The van der Waals surface area contributed by atoms with Crippen LogP contribution in [-0.4, -0.2) is 25.8 Å². The van der Waals surface area contributed by atoms with Gasteiger partial charge in [-0.25, -0.2) is 18.9 Å². The van der Waals surface area contributed by atoms with E-state index in [1.54, 1.807) is 0 Å². The van der Waals surface area contributed by atoms with E-state index in [-0.39, 0.29) is 11.4 Å². The minimum atomic E-state index is -4.44. The summed E-state index contributed by atoms with van der Waals surface area (Å²) in [5, 5.41) is 12.9. The van der Waals surface area contributed by atoms with Crippen LogP contribution >= 0.6 is 0 Å². The molecule has 2 aromatic carbocycles. The highest BCUT2D eigenvalue weighted by molar-refractivity contribution is 5.88. The second kappa shape index (κ2) is 6.00. The van der Waals surface area contributed by atoms with E-state index in [4.69, 9.17) is 5.11 Å². The first-order valence-electron chi connectivity index (χ1n) is 6.88. The first kappa shape index (κ1) is 16.6. The third kappa shape index (κ3) is 3.35. The van der Waals surface area contributed by atoms with Gasteiger partial charge in [0.2, 0.25) is 0 Å². The molecule has 0 saturated heterocycles. The summed E-state index contributed by atoms with van der Waals surface area (Å²) in [6.45, 7) is 0. The normalized spacial score (nSPS) is 11.5. The fourth-order valence-electron chi connectivity index (χ4n) is 2.15. The number of benzene rings is 2. The largest absolute Gasteiger partial charge is 0.478 e. The monoisotopic (exact) mass is 351 g/mol. The van der Waals surface area contributed by atoms with Crippen LogP contribution in [0.3, 0.4) is 0 Å². The summed E-state index contributed by atoms with van der Waals surface area (Å²) in [6.07, 6.45) is -3.17. The van der Waals surface area contributed by atoms with Crippen molar-refractivity contribution in [3.05, 3.63) is 65.7 Å². The molecule has 0 saturated carbocycles. The second-order valence-electron chi connectivity index (χ2n) is 5.06. The highest BCUT2D eigenvalue weighted by atomic mass is 19.4. The van der Waals surface area contributed by atoms with Crippen molar-refractivity contribution in [3.63, 3.8) is 0 Å². The Kier molecular flexibility index (Phi) is 3.99. The lowest BCUT2D eigenvalue weighted by atomic mass is 10.1. The molecular formula is C16H9F4N3O2. The fourth-order valence-corrected chi connectivity index (χ4v) is 2.15. The zero-order valence-corrected chi connectivity index (χ0v) is 12.3. The van der Waals surface area contributed by atoms with Crippen molar-refractivity contribution in [3.8, 4) is 17.1 Å². The molecule has 1 N–H and O–H groups in total. The minimum absolute atomic E-state index is 0.107. The summed E-state index contributed by atoms with van der Waals surface area (Å²) in [5.41, 5.74) is -0.684. The molecule has 0 unspecified atom stereocenters. The maximum Gasteiger partial charge on any atom is 0.416 e. The quantitative estimate of drug-likeness (QED) is 0.729. The summed E-state index contributed by atoms with van der Waals surface area (Å²) >= 11 is 0. The van der Waals surface area contributed by atoms with Crippen LogP contribution < -0.4 is 0 Å². The molecule has 9 heteroatoms. The maximum absolute atomic E-state index is 13.7. The molecule has 0 spiro atoms. The van der Waals surface area contributed by atoms with Gasteiger partial charge < -0.3 is 5.11 Å². The van der Waals surface area contributed by atoms with Crippen molar-refractivity contribution >= 4 is 5.97 Å². The molecule has 0 aliphatic heterocycles. The van der Waals surface area contributed by atoms with Gasteiger partial charge in [0.25, 0.3) is 0 Å². The molecule has 0 amide bonds. The lowest BCUT2D eigenvalue weighted by molar-refractivity contribution is -0.137. The third-order valence-electron chi connectivity index (χ3n) is 3.41. The summed E-state index contributed by atoms with van der Waals surface area (Å²) in [4.78, 5) is 14.8. The summed E-state index contributed by atoms with van der Waals surface area (Å²) in [6, 6.07) is 7.71. The number of carboxylic acids is 1. The fraction of sp³-hybridized carbons (Fsp3) is 0.0625. The molecule has 1 aromatic heterocycles. The van der Waals surface area contributed by atoms with Crippen LogP contribution in [0.4, 0.5) is 17.6 Å². The molecule has 3 aromatic rings. The lowest BCUT2D eigenvalue weighted by Crippen LogP contribution is -2.05. The van der Waals surface area contributed by atoms with Gasteiger partial charge in [0.1, 0.15) is 12.1 Å². The molecule has 1 heterocycles. The molecule has 25 heavy (non-hydrogen) atoms. The average molecular weight is 351 g/mol. The first-order valence-corrected chi connectivity index (χ1v) is 6.88. The van der Waals surface area contributed by atoms with Gasteiger partial charge in [0.15, 0.2) is 5.82 Å². The van der Waals surface area contributed by atoms with Crippen molar-refractivity contribution in [2.24, 2.45) is 0 Å². The number of halogens is 4. The van der Waals surface area contributed by atoms with Gasteiger partial charge in [-0.3, -0.25) is 0 Å². The van der Waals surface area contributed by atoms with Gasteiger partial charge in [-0.05, 0) is 36.4 Å². The Hall–Kier alpha value is -3.23. The maximum atomic E-state index is 13.7. The van der Waals surface area contributed by atoms with Crippen LogP contribution in [0.2, 0.25) is 0 Å². The zero-order chi connectivity index (χ0) is 18.2. The summed E-state index contributed by atoms with van der Waals surface area (Å²) in [5.74, 6) is -2.22. The standard InChI is InChI=1S/C16H9F4N3O2/c17-13-7-9(1-6-12(13)15(24)25)14-21-8-23(22-14)11-4-2-10(3-5-11)16(18,19)20/h1-8H,(H,24,25). The number of hydrogen-bond donors (Lipinski definition) is 1.